The lowest BCUT2D eigenvalue weighted by atomic mass is 10.1. The van der Waals surface area contributed by atoms with Crippen LogP contribution in [0.25, 0.3) is 22.5 Å². The highest BCUT2D eigenvalue weighted by Gasteiger charge is 2.23. The summed E-state index contributed by atoms with van der Waals surface area (Å²) in [5.74, 6) is 0.720. The number of carbonyl (C=O) groups excluding carboxylic acids is 1. The topological polar surface area (TPSA) is 119 Å². The largest absolute Gasteiger partial charge is 0.497 e. The van der Waals surface area contributed by atoms with Gasteiger partial charge in [-0.05, 0) is 31.2 Å². The number of furan rings is 1. The van der Waals surface area contributed by atoms with Crippen LogP contribution in [0.15, 0.2) is 44.0 Å². The summed E-state index contributed by atoms with van der Waals surface area (Å²) in [7, 11) is 0.980. The Labute approximate surface area is 179 Å². The number of amides is 1. The molecule has 31 heavy (non-hydrogen) atoms. The number of aryl methyl sites for hydroxylation is 1. The molecule has 9 nitrogen and oxygen atoms in total. The van der Waals surface area contributed by atoms with Crippen LogP contribution in [0.2, 0.25) is 0 Å². The molecule has 0 fully saturated rings. The van der Waals surface area contributed by atoms with E-state index in [4.69, 9.17) is 13.6 Å². The van der Waals surface area contributed by atoms with Gasteiger partial charge in [0.1, 0.15) is 17.3 Å². The Morgan fingerprint density at radius 2 is 1.81 bits per heavy atom. The first-order valence-electron chi connectivity index (χ1n) is 9.50. The van der Waals surface area contributed by atoms with Gasteiger partial charge in [-0.3, -0.25) is 9.59 Å². The highest BCUT2D eigenvalue weighted by atomic mass is 32.2. The maximum atomic E-state index is 12.6. The van der Waals surface area contributed by atoms with Gasteiger partial charge in [0.15, 0.2) is 5.58 Å². The molecule has 1 aromatic carbocycles. The van der Waals surface area contributed by atoms with Crippen LogP contribution in [0.3, 0.4) is 0 Å². The second kappa shape index (κ2) is 8.94. The van der Waals surface area contributed by atoms with Crippen molar-refractivity contribution in [1.29, 1.82) is 0 Å². The first-order chi connectivity index (χ1) is 14.6. The molecule has 1 amide bonds. The minimum absolute atomic E-state index is 0.0226. The number of nitrogens with one attached hydrogen (secondary N) is 1. The third-order valence-corrected chi connectivity index (χ3v) is 6.54. The summed E-state index contributed by atoms with van der Waals surface area (Å²) in [6.45, 7) is 1.59. The Bertz CT molecular complexity index is 1260. The van der Waals surface area contributed by atoms with E-state index in [1.165, 1.54) is 20.2 Å². The lowest BCUT2D eigenvalue weighted by molar-refractivity contribution is -0.120. The monoisotopic (exact) mass is 448 g/mol. The van der Waals surface area contributed by atoms with Crippen molar-refractivity contribution >= 4 is 27.1 Å². The normalized spacial score (nSPS) is 11.8. The highest BCUT2D eigenvalue weighted by Crippen LogP contribution is 2.34. The van der Waals surface area contributed by atoms with Gasteiger partial charge < -0.3 is 18.9 Å². The van der Waals surface area contributed by atoms with Gasteiger partial charge in [0, 0.05) is 32.3 Å². The summed E-state index contributed by atoms with van der Waals surface area (Å²) >= 11 is 0. The van der Waals surface area contributed by atoms with E-state index in [9.17, 15) is 18.0 Å². The maximum Gasteiger partial charge on any atom is 0.228 e. The minimum atomic E-state index is -3.43. The van der Waals surface area contributed by atoms with Crippen LogP contribution in [-0.4, -0.2) is 52.1 Å². The van der Waals surface area contributed by atoms with Crippen LogP contribution in [0.4, 0.5) is 0 Å². The fourth-order valence-electron chi connectivity index (χ4n) is 3.02. The Hall–Kier alpha value is -3.11. The molecule has 0 saturated carbocycles. The first-order valence-corrected chi connectivity index (χ1v) is 11.1. The molecule has 0 bridgehead atoms. The molecule has 166 valence electrons. The summed E-state index contributed by atoms with van der Waals surface area (Å²) in [4.78, 5) is 24.9. The number of fused-ring (bicyclic) bond motifs is 1. The zero-order valence-electron chi connectivity index (χ0n) is 17.7. The maximum absolute atomic E-state index is 12.6. The van der Waals surface area contributed by atoms with Crippen LogP contribution in [-0.2, 0) is 21.2 Å². The summed E-state index contributed by atoms with van der Waals surface area (Å²) in [5.41, 5.74) is 0.926. The lowest BCUT2D eigenvalue weighted by Gasteiger charge is -2.11. The van der Waals surface area contributed by atoms with Crippen molar-refractivity contribution in [1.82, 2.24) is 9.62 Å². The molecule has 2 aromatic heterocycles. The fourth-order valence-corrected chi connectivity index (χ4v) is 3.75. The fraction of sp³-hybridized carbons (Fsp3) is 0.333. The van der Waals surface area contributed by atoms with Crippen molar-refractivity contribution in [3.05, 3.63) is 51.9 Å². The number of hydrogen-bond donors (Lipinski definition) is 1. The van der Waals surface area contributed by atoms with Gasteiger partial charge in [-0.25, -0.2) is 12.7 Å². The molecule has 2 heterocycles. The summed E-state index contributed by atoms with van der Waals surface area (Å²) < 4.78 is 41.5. The van der Waals surface area contributed by atoms with E-state index in [1.54, 1.807) is 38.3 Å². The van der Waals surface area contributed by atoms with E-state index < -0.39 is 15.9 Å². The lowest BCUT2D eigenvalue weighted by Crippen LogP contribution is -2.34. The number of benzene rings is 1. The van der Waals surface area contributed by atoms with Gasteiger partial charge in [0.25, 0.3) is 0 Å². The zero-order valence-corrected chi connectivity index (χ0v) is 18.5. The molecule has 10 heteroatoms. The van der Waals surface area contributed by atoms with Gasteiger partial charge in [-0.2, -0.15) is 0 Å². The van der Waals surface area contributed by atoms with Gasteiger partial charge in [-0.15, -0.1) is 0 Å². The van der Waals surface area contributed by atoms with Crippen LogP contribution >= 0.6 is 0 Å². The molecule has 0 spiro atoms. The van der Waals surface area contributed by atoms with Crippen molar-refractivity contribution in [2.45, 2.75) is 13.3 Å². The van der Waals surface area contributed by atoms with Crippen molar-refractivity contribution < 1.29 is 26.8 Å². The van der Waals surface area contributed by atoms with Crippen molar-refractivity contribution in [3.8, 4) is 17.1 Å². The SMILES string of the molecule is COc1ccc(-c2oc3c(=O)cc(C)oc3c2CC(=O)NCCS(=O)(=O)N(C)C)cc1. The summed E-state index contributed by atoms with van der Waals surface area (Å²) in [5, 5.41) is 2.60. The van der Waals surface area contributed by atoms with Crippen molar-refractivity contribution in [2.24, 2.45) is 0 Å². The Morgan fingerprint density at radius 1 is 1.13 bits per heavy atom. The second-order valence-electron chi connectivity index (χ2n) is 7.14. The summed E-state index contributed by atoms with van der Waals surface area (Å²) in [6, 6.07) is 8.29. The molecule has 3 aromatic rings. The first kappa shape index (κ1) is 22.6. The number of hydrogen-bond acceptors (Lipinski definition) is 7. The van der Waals surface area contributed by atoms with Crippen LogP contribution < -0.4 is 15.5 Å². The number of sulfonamides is 1. The number of nitrogens with zero attached hydrogens (tertiary/aromatic N) is 1. The smallest absolute Gasteiger partial charge is 0.228 e. The van der Waals surface area contributed by atoms with E-state index in [0.29, 0.717) is 28.4 Å². The number of carbonyl (C=O) groups is 1. The third kappa shape index (κ3) is 4.97. The van der Waals surface area contributed by atoms with E-state index in [-0.39, 0.29) is 35.3 Å². The second-order valence-corrected chi connectivity index (χ2v) is 9.45. The molecule has 0 atom stereocenters. The predicted octanol–water partition coefficient (Wildman–Crippen LogP) is 1.92. The van der Waals surface area contributed by atoms with Gasteiger partial charge in [0.2, 0.25) is 26.9 Å². The van der Waals surface area contributed by atoms with Crippen LogP contribution in [0, 0.1) is 6.92 Å². The summed E-state index contributed by atoms with van der Waals surface area (Å²) in [6.07, 6.45) is -0.150. The van der Waals surface area contributed by atoms with E-state index in [1.807, 2.05) is 0 Å². The quantitative estimate of drug-likeness (QED) is 0.559. The molecule has 0 aliphatic carbocycles. The standard InChI is InChI=1S/C21H24N2O7S/c1-13-11-17(24)21-20(29-13)16(12-18(25)22-9-10-31(26,27)23(2)3)19(30-21)14-5-7-15(28-4)8-6-14/h5-8,11H,9-10,12H2,1-4H3,(H,22,25). The third-order valence-electron chi connectivity index (χ3n) is 4.71. The van der Waals surface area contributed by atoms with Gasteiger partial charge in [-0.1, -0.05) is 0 Å². The minimum Gasteiger partial charge on any atom is -0.497 e. The number of ether oxygens (including phenoxy) is 1. The Balaban J connectivity index is 1.93. The molecule has 1 N–H and O–H groups in total. The van der Waals surface area contributed by atoms with Gasteiger partial charge >= 0.3 is 0 Å². The van der Waals surface area contributed by atoms with Crippen LogP contribution in [0.1, 0.15) is 11.3 Å². The molecular formula is C21H24N2O7S. The molecule has 0 unspecified atom stereocenters. The van der Waals surface area contributed by atoms with E-state index >= 15 is 0 Å². The molecule has 0 aliphatic heterocycles. The molecule has 0 aliphatic rings. The molecule has 0 radical (unpaired) electrons. The molecule has 0 saturated heterocycles. The number of rotatable bonds is 8. The molecular weight excluding hydrogens is 424 g/mol. The van der Waals surface area contributed by atoms with Crippen molar-refractivity contribution in [3.63, 3.8) is 0 Å². The number of methoxy groups -OCH3 is 1. The van der Waals surface area contributed by atoms with E-state index in [0.717, 1.165) is 4.31 Å². The Morgan fingerprint density at radius 3 is 2.42 bits per heavy atom. The highest BCUT2D eigenvalue weighted by molar-refractivity contribution is 7.89. The Kier molecular flexibility index (Phi) is 6.51. The average Bonchev–Trinajstić information content (AvgIpc) is 3.06. The zero-order chi connectivity index (χ0) is 22.8. The van der Waals surface area contributed by atoms with Crippen molar-refractivity contribution in [2.75, 3.05) is 33.5 Å². The predicted molar refractivity (Wildman–Crippen MR) is 116 cm³/mol. The van der Waals surface area contributed by atoms with Crippen LogP contribution in [0.5, 0.6) is 5.75 Å². The molecule has 3 rings (SSSR count). The van der Waals surface area contributed by atoms with Gasteiger partial charge in [0.05, 0.1) is 24.8 Å². The van der Waals surface area contributed by atoms with E-state index in [2.05, 4.69) is 5.32 Å². The average molecular weight is 448 g/mol.